The van der Waals surface area contributed by atoms with Gasteiger partial charge in [0.1, 0.15) is 5.69 Å². The molecule has 0 saturated heterocycles. The van der Waals surface area contributed by atoms with Crippen molar-refractivity contribution in [3.05, 3.63) is 58.8 Å². The van der Waals surface area contributed by atoms with Crippen LogP contribution >= 0.6 is 15.9 Å². The van der Waals surface area contributed by atoms with Crippen LogP contribution in [0.4, 0.5) is 5.69 Å². The first-order valence-electron chi connectivity index (χ1n) is 6.09. The van der Waals surface area contributed by atoms with Gasteiger partial charge in [-0.3, -0.25) is 19.9 Å². The number of aromatic amines is 2. The molecule has 1 aromatic heterocycles. The van der Waals surface area contributed by atoms with Crippen LogP contribution in [0.15, 0.2) is 26.2 Å². The van der Waals surface area contributed by atoms with Gasteiger partial charge in [-0.1, -0.05) is 15.9 Å². The van der Waals surface area contributed by atoms with Crippen LogP contribution in [-0.2, 0) is 0 Å². The maximum atomic E-state index is 11.5. The zero-order chi connectivity index (χ0) is 17.1. The number of rotatable bonds is 4. The molecule has 120 valence electrons. The summed E-state index contributed by atoms with van der Waals surface area (Å²) < 4.78 is 5.58. The van der Waals surface area contributed by atoms with Crippen LogP contribution in [-0.4, -0.2) is 27.1 Å². The Morgan fingerprint density at radius 3 is 2.61 bits per heavy atom. The highest BCUT2D eigenvalue weighted by molar-refractivity contribution is 9.10. The van der Waals surface area contributed by atoms with E-state index in [1.54, 1.807) is 4.98 Å². The average Bonchev–Trinajstić information content (AvgIpc) is 2.46. The number of aromatic hydroxyl groups is 1. The molecule has 0 spiro atoms. The number of nitrogens with one attached hydrogen (secondary N) is 2. The standard InChI is InChI=1S/C13H10BrN3O6/c1-23-9-5-7(14)4-6(11(9)18)2-3-8-10(17(21)22)12(19)16-13(20)15-8/h2-5,18H,1H3,(H2,15,16,19,20)/b3-2+. The van der Waals surface area contributed by atoms with Gasteiger partial charge in [0.15, 0.2) is 11.5 Å². The van der Waals surface area contributed by atoms with E-state index >= 15 is 0 Å². The molecule has 2 rings (SSSR count). The fraction of sp³-hybridized carbons (Fsp3) is 0.0769. The van der Waals surface area contributed by atoms with Gasteiger partial charge in [0, 0.05) is 10.0 Å². The van der Waals surface area contributed by atoms with Gasteiger partial charge in [0.25, 0.3) is 0 Å². The van der Waals surface area contributed by atoms with Gasteiger partial charge in [-0.15, -0.1) is 0 Å². The molecule has 9 nitrogen and oxygen atoms in total. The van der Waals surface area contributed by atoms with Crippen LogP contribution in [0.3, 0.4) is 0 Å². The number of ether oxygens (including phenoxy) is 1. The van der Waals surface area contributed by atoms with Crippen molar-refractivity contribution in [3.8, 4) is 11.5 Å². The maximum Gasteiger partial charge on any atom is 0.357 e. The molecule has 23 heavy (non-hydrogen) atoms. The van der Waals surface area contributed by atoms with E-state index in [4.69, 9.17) is 4.74 Å². The highest BCUT2D eigenvalue weighted by atomic mass is 79.9. The zero-order valence-corrected chi connectivity index (χ0v) is 13.2. The third-order valence-corrected chi connectivity index (χ3v) is 3.30. The number of nitrogens with zero attached hydrogens (tertiary/aromatic N) is 1. The molecule has 0 aliphatic carbocycles. The Labute approximate surface area is 136 Å². The van der Waals surface area contributed by atoms with Gasteiger partial charge in [0.05, 0.1) is 12.0 Å². The third-order valence-electron chi connectivity index (χ3n) is 2.85. The van der Waals surface area contributed by atoms with E-state index < -0.39 is 21.9 Å². The van der Waals surface area contributed by atoms with Crippen molar-refractivity contribution in [2.24, 2.45) is 0 Å². The Bertz CT molecular complexity index is 915. The van der Waals surface area contributed by atoms with E-state index in [1.807, 2.05) is 0 Å². The largest absolute Gasteiger partial charge is 0.504 e. The van der Waals surface area contributed by atoms with Crippen molar-refractivity contribution in [2.45, 2.75) is 0 Å². The van der Waals surface area contributed by atoms with Crippen LogP contribution in [0, 0.1) is 10.1 Å². The Kier molecular flexibility index (Phi) is 4.65. The van der Waals surface area contributed by atoms with Crippen molar-refractivity contribution in [1.29, 1.82) is 0 Å². The lowest BCUT2D eigenvalue weighted by molar-refractivity contribution is -0.386. The summed E-state index contributed by atoms with van der Waals surface area (Å²) in [4.78, 5) is 36.8. The summed E-state index contributed by atoms with van der Waals surface area (Å²) in [6.45, 7) is 0. The molecule has 2 aromatic rings. The lowest BCUT2D eigenvalue weighted by atomic mass is 10.1. The van der Waals surface area contributed by atoms with Crippen LogP contribution < -0.4 is 16.0 Å². The number of nitro groups is 1. The average molecular weight is 384 g/mol. The lowest BCUT2D eigenvalue weighted by Gasteiger charge is -2.07. The number of benzene rings is 1. The molecule has 1 heterocycles. The van der Waals surface area contributed by atoms with E-state index in [1.165, 1.54) is 25.3 Å². The molecule has 1 aromatic carbocycles. The van der Waals surface area contributed by atoms with Crippen molar-refractivity contribution >= 4 is 33.8 Å². The highest BCUT2D eigenvalue weighted by Gasteiger charge is 2.19. The van der Waals surface area contributed by atoms with Crippen molar-refractivity contribution < 1.29 is 14.8 Å². The molecular weight excluding hydrogens is 374 g/mol. The summed E-state index contributed by atoms with van der Waals surface area (Å²) in [6, 6.07) is 3.07. The minimum atomic E-state index is -1.12. The lowest BCUT2D eigenvalue weighted by Crippen LogP contribution is -2.25. The van der Waals surface area contributed by atoms with Gasteiger partial charge in [-0.05, 0) is 24.3 Å². The first kappa shape index (κ1) is 16.5. The molecule has 0 aliphatic heterocycles. The molecule has 3 N–H and O–H groups in total. The molecule has 0 unspecified atom stereocenters. The first-order valence-corrected chi connectivity index (χ1v) is 6.88. The SMILES string of the molecule is COc1cc(Br)cc(/C=C/c2[nH]c(=O)[nH]c(=O)c2[N+](=O)[O-])c1O. The first-order chi connectivity index (χ1) is 10.8. The summed E-state index contributed by atoms with van der Waals surface area (Å²) in [5, 5.41) is 20.9. The minimum Gasteiger partial charge on any atom is -0.504 e. The number of phenolic OH excluding ortho intramolecular Hbond substituents is 1. The molecule has 0 bridgehead atoms. The molecule has 10 heteroatoms. The molecule has 0 amide bonds. The summed E-state index contributed by atoms with van der Waals surface area (Å²) in [6.07, 6.45) is 2.45. The normalized spacial score (nSPS) is 10.9. The smallest absolute Gasteiger partial charge is 0.357 e. The van der Waals surface area contributed by atoms with Gasteiger partial charge in [0.2, 0.25) is 0 Å². The number of hydrogen-bond donors (Lipinski definition) is 3. The van der Waals surface area contributed by atoms with Crippen LogP contribution in [0.25, 0.3) is 12.2 Å². The van der Waals surface area contributed by atoms with E-state index in [9.17, 15) is 24.8 Å². The molecule has 0 fully saturated rings. The fourth-order valence-electron chi connectivity index (χ4n) is 1.85. The predicted molar refractivity (Wildman–Crippen MR) is 85.6 cm³/mol. The Balaban J connectivity index is 2.58. The van der Waals surface area contributed by atoms with E-state index in [0.717, 1.165) is 6.08 Å². The van der Waals surface area contributed by atoms with E-state index in [0.29, 0.717) is 4.47 Å². The van der Waals surface area contributed by atoms with Gasteiger partial charge < -0.3 is 14.8 Å². The quantitative estimate of drug-likeness (QED) is 0.541. The van der Waals surface area contributed by atoms with Crippen LogP contribution in [0.5, 0.6) is 11.5 Å². The predicted octanol–water partition coefficient (Wildman–Crippen LogP) is 1.62. The van der Waals surface area contributed by atoms with Gasteiger partial charge >= 0.3 is 16.9 Å². The molecule has 0 saturated carbocycles. The zero-order valence-electron chi connectivity index (χ0n) is 11.6. The second-order valence-electron chi connectivity index (χ2n) is 4.31. The second kappa shape index (κ2) is 6.48. The number of halogens is 1. The summed E-state index contributed by atoms with van der Waals surface area (Å²) in [5.41, 5.74) is -2.82. The third kappa shape index (κ3) is 3.48. The Morgan fingerprint density at radius 1 is 1.30 bits per heavy atom. The molecular formula is C13H10BrN3O6. The monoisotopic (exact) mass is 383 g/mol. The Hall–Kier alpha value is -2.88. The Morgan fingerprint density at radius 2 is 2.00 bits per heavy atom. The maximum absolute atomic E-state index is 11.5. The topological polar surface area (TPSA) is 138 Å². The van der Waals surface area contributed by atoms with Gasteiger partial charge in [-0.2, -0.15) is 0 Å². The summed E-state index contributed by atoms with van der Waals surface area (Å²) in [5.74, 6) is -0.00489. The number of H-pyrrole nitrogens is 2. The molecule has 0 aliphatic rings. The minimum absolute atomic E-state index is 0.188. The summed E-state index contributed by atoms with van der Waals surface area (Å²) in [7, 11) is 1.37. The van der Waals surface area contributed by atoms with Crippen molar-refractivity contribution in [1.82, 2.24) is 9.97 Å². The van der Waals surface area contributed by atoms with E-state index in [-0.39, 0.29) is 22.8 Å². The van der Waals surface area contributed by atoms with E-state index in [2.05, 4.69) is 20.9 Å². The van der Waals surface area contributed by atoms with Crippen LogP contribution in [0.1, 0.15) is 11.3 Å². The second-order valence-corrected chi connectivity index (χ2v) is 5.22. The fourth-order valence-corrected chi connectivity index (χ4v) is 2.30. The van der Waals surface area contributed by atoms with Crippen molar-refractivity contribution in [3.63, 3.8) is 0 Å². The summed E-state index contributed by atoms with van der Waals surface area (Å²) >= 11 is 3.23. The number of phenols is 1. The number of hydrogen-bond acceptors (Lipinski definition) is 6. The highest BCUT2D eigenvalue weighted by Crippen LogP contribution is 2.34. The number of aromatic nitrogens is 2. The molecule has 0 radical (unpaired) electrons. The van der Waals surface area contributed by atoms with Gasteiger partial charge in [-0.25, -0.2) is 4.79 Å². The molecule has 0 atom stereocenters. The van der Waals surface area contributed by atoms with Crippen LogP contribution in [0.2, 0.25) is 0 Å². The van der Waals surface area contributed by atoms with Crippen molar-refractivity contribution in [2.75, 3.05) is 7.11 Å². The number of methoxy groups -OCH3 is 1.